The number of halogens is 2. The topological polar surface area (TPSA) is 82.6 Å². The van der Waals surface area contributed by atoms with Crippen molar-refractivity contribution in [2.24, 2.45) is 10.5 Å². The van der Waals surface area contributed by atoms with Crippen molar-refractivity contribution in [3.63, 3.8) is 0 Å². The summed E-state index contributed by atoms with van der Waals surface area (Å²) >= 11 is 0. The van der Waals surface area contributed by atoms with E-state index in [4.69, 9.17) is 0 Å². The maximum atomic E-state index is 13.6. The van der Waals surface area contributed by atoms with Gasteiger partial charge in [-0.1, -0.05) is 26.0 Å². The Kier molecular flexibility index (Phi) is 4.89. The van der Waals surface area contributed by atoms with Crippen molar-refractivity contribution in [2.75, 3.05) is 10.6 Å². The van der Waals surface area contributed by atoms with Crippen molar-refractivity contribution in [2.45, 2.75) is 20.3 Å². The van der Waals surface area contributed by atoms with Gasteiger partial charge in [-0.3, -0.25) is 4.79 Å². The number of benzene rings is 2. The summed E-state index contributed by atoms with van der Waals surface area (Å²) in [6.45, 7) is 3.65. The largest absolute Gasteiger partial charge is 0.323 e. The number of hydrazone groups is 1. The van der Waals surface area contributed by atoms with Crippen molar-refractivity contribution < 1.29 is 18.4 Å². The molecule has 0 bridgehead atoms. The monoisotopic (exact) mass is 372 g/mol. The van der Waals surface area contributed by atoms with Crippen molar-refractivity contribution in [3.05, 3.63) is 59.7 Å². The molecule has 3 amide bonds. The SMILES string of the molecule is CC1(C)CC(c2cccc(NC(=O)Nc3ccc(F)cc3F)c2)=NNC1=O. The molecule has 3 N–H and O–H groups in total. The Morgan fingerprint density at radius 1 is 1.15 bits per heavy atom. The fraction of sp³-hybridized carbons (Fsp3) is 0.211. The van der Waals surface area contributed by atoms with Gasteiger partial charge in [-0.15, -0.1) is 0 Å². The zero-order chi connectivity index (χ0) is 19.6. The normalized spacial score (nSPS) is 15.6. The number of amides is 3. The molecule has 3 rings (SSSR count). The van der Waals surface area contributed by atoms with Gasteiger partial charge in [-0.05, 0) is 29.8 Å². The van der Waals surface area contributed by atoms with E-state index >= 15 is 0 Å². The lowest BCUT2D eigenvalue weighted by Crippen LogP contribution is -2.40. The average Bonchev–Trinajstić information content (AvgIpc) is 2.60. The van der Waals surface area contributed by atoms with E-state index in [-0.39, 0.29) is 11.6 Å². The van der Waals surface area contributed by atoms with Crippen LogP contribution in [0, 0.1) is 17.0 Å². The molecular formula is C19H18F2N4O2. The first-order valence-electron chi connectivity index (χ1n) is 8.25. The fourth-order valence-electron chi connectivity index (χ4n) is 2.63. The summed E-state index contributed by atoms with van der Waals surface area (Å²) in [5.41, 5.74) is 3.68. The van der Waals surface area contributed by atoms with Crippen LogP contribution in [0.15, 0.2) is 47.6 Å². The second-order valence-corrected chi connectivity index (χ2v) is 6.84. The van der Waals surface area contributed by atoms with Crippen molar-refractivity contribution in [3.8, 4) is 0 Å². The van der Waals surface area contributed by atoms with E-state index in [1.54, 1.807) is 18.2 Å². The van der Waals surface area contributed by atoms with E-state index in [0.717, 1.165) is 17.7 Å². The predicted molar refractivity (Wildman–Crippen MR) is 98.5 cm³/mol. The van der Waals surface area contributed by atoms with E-state index in [9.17, 15) is 18.4 Å². The van der Waals surface area contributed by atoms with Gasteiger partial charge in [-0.2, -0.15) is 5.10 Å². The Morgan fingerprint density at radius 3 is 2.63 bits per heavy atom. The molecule has 0 saturated heterocycles. The number of nitrogens with one attached hydrogen (secondary N) is 3. The Labute approximate surface area is 154 Å². The molecule has 1 aliphatic rings. The molecule has 2 aromatic rings. The summed E-state index contributed by atoms with van der Waals surface area (Å²) in [4.78, 5) is 23.9. The molecule has 1 aliphatic heterocycles. The number of urea groups is 1. The highest BCUT2D eigenvalue weighted by Crippen LogP contribution is 2.27. The first-order valence-corrected chi connectivity index (χ1v) is 8.25. The Balaban J connectivity index is 1.72. The third-order valence-corrected chi connectivity index (χ3v) is 4.15. The molecule has 27 heavy (non-hydrogen) atoms. The summed E-state index contributed by atoms with van der Waals surface area (Å²) in [6, 6.07) is 9.12. The number of carbonyl (C=O) groups excluding carboxylic acids is 2. The summed E-state index contributed by atoms with van der Waals surface area (Å²) in [5, 5.41) is 9.00. The number of nitrogens with zero attached hydrogens (tertiary/aromatic N) is 1. The number of hydrogen-bond acceptors (Lipinski definition) is 3. The third-order valence-electron chi connectivity index (χ3n) is 4.15. The minimum absolute atomic E-state index is 0.133. The van der Waals surface area contributed by atoms with Gasteiger partial charge in [0.1, 0.15) is 11.6 Å². The molecule has 0 spiro atoms. The van der Waals surface area contributed by atoms with Crippen LogP contribution in [-0.2, 0) is 4.79 Å². The van der Waals surface area contributed by atoms with Crippen LogP contribution in [0.25, 0.3) is 0 Å². The first-order chi connectivity index (χ1) is 12.7. The Hall–Kier alpha value is -3.29. The maximum Gasteiger partial charge on any atom is 0.323 e. The highest BCUT2D eigenvalue weighted by molar-refractivity contribution is 6.07. The minimum Gasteiger partial charge on any atom is -0.308 e. The molecule has 0 atom stereocenters. The predicted octanol–water partition coefficient (Wildman–Crippen LogP) is 3.86. The van der Waals surface area contributed by atoms with Crippen LogP contribution >= 0.6 is 0 Å². The van der Waals surface area contributed by atoms with Gasteiger partial charge in [0.05, 0.1) is 16.8 Å². The molecular weight excluding hydrogens is 354 g/mol. The lowest BCUT2D eigenvalue weighted by Gasteiger charge is -2.27. The molecule has 0 aromatic heterocycles. The number of carbonyl (C=O) groups is 2. The van der Waals surface area contributed by atoms with Crippen LogP contribution in [0.1, 0.15) is 25.8 Å². The zero-order valence-corrected chi connectivity index (χ0v) is 14.8. The minimum atomic E-state index is -0.867. The molecule has 0 fully saturated rings. The van der Waals surface area contributed by atoms with E-state index in [1.165, 1.54) is 0 Å². The van der Waals surface area contributed by atoms with E-state index in [2.05, 4.69) is 21.2 Å². The summed E-state index contributed by atoms with van der Waals surface area (Å²) in [5.74, 6) is -1.75. The lowest BCUT2D eigenvalue weighted by molar-refractivity contribution is -0.129. The van der Waals surface area contributed by atoms with Crippen molar-refractivity contribution in [1.29, 1.82) is 0 Å². The third kappa shape index (κ3) is 4.28. The standard InChI is InChI=1S/C19H18F2N4O2/c1-19(2)10-16(24-25-17(19)26)11-4-3-5-13(8-11)22-18(27)23-15-7-6-12(20)9-14(15)21/h3-9H,10H2,1-2H3,(H,25,26)(H2,22,23,27). The van der Waals surface area contributed by atoms with Gasteiger partial charge in [0.15, 0.2) is 0 Å². The molecule has 0 aliphatic carbocycles. The molecule has 0 radical (unpaired) electrons. The van der Waals surface area contributed by atoms with Crippen molar-refractivity contribution in [1.82, 2.24) is 5.43 Å². The van der Waals surface area contributed by atoms with E-state index in [1.807, 2.05) is 19.9 Å². The van der Waals surface area contributed by atoms with Crippen LogP contribution in [0.3, 0.4) is 0 Å². The average molecular weight is 372 g/mol. The lowest BCUT2D eigenvalue weighted by atomic mass is 9.83. The van der Waals surface area contributed by atoms with Crippen LogP contribution in [-0.4, -0.2) is 17.6 Å². The first kappa shape index (κ1) is 18.5. The summed E-state index contributed by atoms with van der Waals surface area (Å²) in [7, 11) is 0. The van der Waals surface area contributed by atoms with Gasteiger partial charge in [0.2, 0.25) is 5.91 Å². The van der Waals surface area contributed by atoms with Crippen LogP contribution < -0.4 is 16.1 Å². The van der Waals surface area contributed by atoms with Crippen LogP contribution in [0.4, 0.5) is 25.0 Å². The highest BCUT2D eigenvalue weighted by atomic mass is 19.1. The second kappa shape index (κ2) is 7.14. The van der Waals surface area contributed by atoms with Gasteiger partial charge in [0.25, 0.3) is 0 Å². The quantitative estimate of drug-likeness (QED) is 0.765. The smallest absolute Gasteiger partial charge is 0.308 e. The molecule has 8 heteroatoms. The maximum absolute atomic E-state index is 13.6. The highest BCUT2D eigenvalue weighted by Gasteiger charge is 2.33. The fourth-order valence-corrected chi connectivity index (χ4v) is 2.63. The van der Waals surface area contributed by atoms with Gasteiger partial charge in [-0.25, -0.2) is 19.0 Å². The molecule has 6 nitrogen and oxygen atoms in total. The summed E-state index contributed by atoms with van der Waals surface area (Å²) < 4.78 is 26.6. The van der Waals surface area contributed by atoms with Crippen LogP contribution in [0.2, 0.25) is 0 Å². The van der Waals surface area contributed by atoms with Crippen molar-refractivity contribution >= 4 is 29.0 Å². The zero-order valence-electron chi connectivity index (χ0n) is 14.8. The van der Waals surface area contributed by atoms with Crippen LogP contribution in [0.5, 0.6) is 0 Å². The molecule has 2 aromatic carbocycles. The molecule has 0 unspecified atom stereocenters. The van der Waals surface area contributed by atoms with E-state index < -0.39 is 23.1 Å². The van der Waals surface area contributed by atoms with Gasteiger partial charge in [0, 0.05) is 18.2 Å². The molecule has 140 valence electrons. The molecule has 1 heterocycles. The summed E-state index contributed by atoms with van der Waals surface area (Å²) in [6.07, 6.45) is 0.454. The van der Waals surface area contributed by atoms with Gasteiger partial charge < -0.3 is 10.6 Å². The van der Waals surface area contributed by atoms with E-state index in [0.29, 0.717) is 23.9 Å². The number of anilines is 2. The molecule has 0 saturated carbocycles. The number of rotatable bonds is 3. The van der Waals surface area contributed by atoms with Gasteiger partial charge >= 0.3 is 6.03 Å². The Bertz CT molecular complexity index is 941. The number of hydrogen-bond donors (Lipinski definition) is 3. The Morgan fingerprint density at radius 2 is 1.93 bits per heavy atom. The second-order valence-electron chi connectivity index (χ2n) is 6.84.